The molecule has 0 fully saturated rings. The largest absolute Gasteiger partial charge is 0.388 e. The first kappa shape index (κ1) is 28.9. The molecule has 0 aliphatic rings. The highest BCUT2D eigenvalue weighted by Crippen LogP contribution is 2.21. The van der Waals surface area contributed by atoms with Gasteiger partial charge in [-0.3, -0.25) is 4.79 Å². The Balaban J connectivity index is 4.20. The van der Waals surface area contributed by atoms with Crippen molar-refractivity contribution in [2.75, 3.05) is 6.54 Å². The monoisotopic (exact) mass is 427 g/mol. The molecule has 0 aliphatic heterocycles. The van der Waals surface area contributed by atoms with Crippen molar-refractivity contribution in [3.05, 3.63) is 72.9 Å². The maximum atomic E-state index is 12.1. The average Bonchev–Trinajstić information content (AvgIpc) is 2.77. The molecule has 0 aromatic heterocycles. The molecule has 3 nitrogen and oxygen atoms in total. The van der Waals surface area contributed by atoms with Gasteiger partial charge in [-0.05, 0) is 32.6 Å². The van der Waals surface area contributed by atoms with E-state index < -0.39 is 5.60 Å². The van der Waals surface area contributed by atoms with Gasteiger partial charge in [0.1, 0.15) is 0 Å². The topological polar surface area (TPSA) is 49.3 Å². The van der Waals surface area contributed by atoms with Gasteiger partial charge in [0, 0.05) is 12.6 Å². The average molecular weight is 428 g/mol. The summed E-state index contributed by atoms with van der Waals surface area (Å²) in [5, 5.41) is 13.8. The van der Waals surface area contributed by atoms with Crippen LogP contribution in [0.2, 0.25) is 0 Å². The number of hydrogen-bond acceptors (Lipinski definition) is 2. The number of rotatable bonds is 18. The van der Waals surface area contributed by atoms with E-state index in [1.165, 1.54) is 18.9 Å². The van der Waals surface area contributed by atoms with Crippen LogP contribution in [-0.2, 0) is 4.79 Å². The van der Waals surface area contributed by atoms with Crippen LogP contribution >= 0.6 is 0 Å². The van der Waals surface area contributed by atoms with E-state index in [9.17, 15) is 9.90 Å². The number of hydrogen-bond donors (Lipinski definition) is 2. The number of aliphatic hydroxyl groups is 1. The summed E-state index contributed by atoms with van der Waals surface area (Å²) >= 11 is 0. The molecule has 0 saturated heterocycles. The molecule has 0 radical (unpaired) electrons. The van der Waals surface area contributed by atoms with Crippen molar-refractivity contribution in [2.24, 2.45) is 0 Å². The zero-order valence-electron chi connectivity index (χ0n) is 20.1. The standard InChI is InChI=1S/C28H45NO2/c1-4-7-10-12-13-14-15-16-17-18-19-20-21-23-27(30)29-26-28(31,24-9-6-3)25-22-11-8-5-2/h4,7,10,12-14,17-21,23,31H,5-6,8-9,11,15-16,22,24-26H2,1-3H3,(H,29,30). The fraction of sp³-hybridized carbons (Fsp3) is 0.536. The van der Waals surface area contributed by atoms with Gasteiger partial charge >= 0.3 is 0 Å². The molecule has 31 heavy (non-hydrogen) atoms. The fourth-order valence-electron chi connectivity index (χ4n) is 3.05. The Hall–Kier alpha value is -2.13. The van der Waals surface area contributed by atoms with Crippen molar-refractivity contribution in [3.8, 4) is 0 Å². The van der Waals surface area contributed by atoms with E-state index in [0.717, 1.165) is 51.4 Å². The first-order valence-electron chi connectivity index (χ1n) is 12.0. The molecular weight excluding hydrogens is 382 g/mol. The maximum Gasteiger partial charge on any atom is 0.244 e. The highest BCUT2D eigenvalue weighted by atomic mass is 16.3. The molecule has 0 heterocycles. The van der Waals surface area contributed by atoms with E-state index in [1.54, 1.807) is 6.08 Å². The first-order valence-corrected chi connectivity index (χ1v) is 12.0. The van der Waals surface area contributed by atoms with Gasteiger partial charge in [0.2, 0.25) is 5.91 Å². The lowest BCUT2D eigenvalue weighted by atomic mass is 9.90. The van der Waals surface area contributed by atoms with Crippen molar-refractivity contribution in [3.63, 3.8) is 0 Å². The fourth-order valence-corrected chi connectivity index (χ4v) is 3.05. The number of amides is 1. The van der Waals surface area contributed by atoms with Crippen molar-refractivity contribution in [2.45, 2.75) is 90.6 Å². The van der Waals surface area contributed by atoms with Crippen molar-refractivity contribution in [1.29, 1.82) is 0 Å². The summed E-state index contributed by atoms with van der Waals surface area (Å²) in [5.74, 6) is -0.159. The van der Waals surface area contributed by atoms with Crippen molar-refractivity contribution >= 4 is 5.91 Å². The quantitative estimate of drug-likeness (QED) is 0.139. The summed E-state index contributed by atoms with van der Waals surface area (Å²) in [6.45, 7) is 6.63. The third-order valence-electron chi connectivity index (χ3n) is 4.96. The summed E-state index contributed by atoms with van der Waals surface area (Å²) in [6.07, 6.45) is 33.4. The molecule has 0 saturated carbocycles. The Morgan fingerprint density at radius 2 is 1.35 bits per heavy atom. The van der Waals surface area contributed by atoms with Gasteiger partial charge in [-0.15, -0.1) is 0 Å². The van der Waals surface area contributed by atoms with Crippen LogP contribution in [0.25, 0.3) is 0 Å². The molecule has 2 N–H and O–H groups in total. The van der Waals surface area contributed by atoms with E-state index in [4.69, 9.17) is 0 Å². The summed E-state index contributed by atoms with van der Waals surface area (Å²) in [5.41, 5.74) is -0.789. The first-order chi connectivity index (χ1) is 15.1. The molecule has 1 amide bonds. The smallest absolute Gasteiger partial charge is 0.244 e. The predicted molar refractivity (Wildman–Crippen MR) is 136 cm³/mol. The number of nitrogens with one attached hydrogen (secondary N) is 1. The molecule has 0 rings (SSSR count). The second-order valence-corrected chi connectivity index (χ2v) is 7.94. The Bertz CT molecular complexity index is 611. The lowest BCUT2D eigenvalue weighted by Gasteiger charge is -2.28. The van der Waals surface area contributed by atoms with E-state index in [2.05, 4.69) is 37.4 Å². The molecule has 0 aromatic rings. The number of carbonyl (C=O) groups is 1. The van der Waals surface area contributed by atoms with Crippen LogP contribution in [0.3, 0.4) is 0 Å². The van der Waals surface area contributed by atoms with Gasteiger partial charge in [-0.1, -0.05) is 119 Å². The molecular formula is C28H45NO2. The van der Waals surface area contributed by atoms with Crippen LogP contribution in [-0.4, -0.2) is 23.2 Å². The van der Waals surface area contributed by atoms with E-state index in [1.807, 2.05) is 49.5 Å². The third-order valence-corrected chi connectivity index (χ3v) is 4.96. The highest BCUT2D eigenvalue weighted by Gasteiger charge is 2.25. The van der Waals surface area contributed by atoms with E-state index in [0.29, 0.717) is 6.54 Å². The highest BCUT2D eigenvalue weighted by molar-refractivity contribution is 5.87. The second-order valence-electron chi connectivity index (χ2n) is 7.94. The zero-order chi connectivity index (χ0) is 23.0. The molecule has 1 atom stereocenters. The zero-order valence-corrected chi connectivity index (χ0v) is 20.1. The number of allylic oxidation sites excluding steroid dienone is 11. The Morgan fingerprint density at radius 1 is 0.774 bits per heavy atom. The summed E-state index contributed by atoms with van der Waals surface area (Å²) in [7, 11) is 0. The molecule has 0 bridgehead atoms. The van der Waals surface area contributed by atoms with E-state index in [-0.39, 0.29) is 5.91 Å². The number of unbranched alkanes of at least 4 members (excludes halogenated alkanes) is 5. The maximum absolute atomic E-state index is 12.1. The van der Waals surface area contributed by atoms with E-state index >= 15 is 0 Å². The third kappa shape index (κ3) is 19.6. The van der Waals surface area contributed by atoms with Gasteiger partial charge in [0.15, 0.2) is 0 Å². The lowest BCUT2D eigenvalue weighted by molar-refractivity contribution is -0.118. The SMILES string of the molecule is CC=CC=CC=CCCC=CC=CC=CC(=O)NCC(O)(CCCC)CCCCCC. The molecule has 3 heteroatoms. The summed E-state index contributed by atoms with van der Waals surface area (Å²) in [4.78, 5) is 12.1. The normalized spacial score (nSPS) is 14.8. The second kappa shape index (κ2) is 21.1. The van der Waals surface area contributed by atoms with Gasteiger partial charge in [-0.25, -0.2) is 0 Å². The van der Waals surface area contributed by atoms with Crippen LogP contribution in [0.4, 0.5) is 0 Å². The predicted octanol–water partition coefficient (Wildman–Crippen LogP) is 7.13. The van der Waals surface area contributed by atoms with Crippen LogP contribution in [0, 0.1) is 0 Å². The summed E-state index contributed by atoms with van der Waals surface area (Å²) < 4.78 is 0. The summed E-state index contributed by atoms with van der Waals surface area (Å²) in [6, 6.07) is 0. The molecule has 0 aliphatic carbocycles. The molecule has 0 aromatic carbocycles. The molecule has 0 spiro atoms. The van der Waals surface area contributed by atoms with Crippen molar-refractivity contribution in [1.82, 2.24) is 5.32 Å². The van der Waals surface area contributed by atoms with Gasteiger partial charge in [-0.2, -0.15) is 0 Å². The van der Waals surface area contributed by atoms with Crippen LogP contribution in [0.5, 0.6) is 0 Å². The lowest BCUT2D eigenvalue weighted by Crippen LogP contribution is -2.42. The van der Waals surface area contributed by atoms with Gasteiger partial charge in [0.05, 0.1) is 5.60 Å². The minimum absolute atomic E-state index is 0.159. The minimum atomic E-state index is -0.789. The van der Waals surface area contributed by atoms with Crippen LogP contribution in [0.15, 0.2) is 72.9 Å². The van der Waals surface area contributed by atoms with Crippen molar-refractivity contribution < 1.29 is 9.90 Å². The Labute approximate surface area is 191 Å². The molecule has 1 unspecified atom stereocenters. The van der Waals surface area contributed by atoms with Crippen LogP contribution < -0.4 is 5.32 Å². The number of carbonyl (C=O) groups excluding carboxylic acids is 1. The van der Waals surface area contributed by atoms with Gasteiger partial charge < -0.3 is 10.4 Å². The Kier molecular flexibility index (Phi) is 19.7. The van der Waals surface area contributed by atoms with Crippen LogP contribution in [0.1, 0.15) is 85.0 Å². The van der Waals surface area contributed by atoms with Gasteiger partial charge in [0.25, 0.3) is 0 Å². The Morgan fingerprint density at radius 3 is 1.97 bits per heavy atom. The molecule has 174 valence electrons. The minimum Gasteiger partial charge on any atom is -0.388 e.